The van der Waals surface area contributed by atoms with E-state index in [1.165, 1.54) is 0 Å². The van der Waals surface area contributed by atoms with Crippen molar-refractivity contribution >= 4 is 15.7 Å². The predicted octanol–water partition coefficient (Wildman–Crippen LogP) is 2.31. The van der Waals surface area contributed by atoms with Crippen LogP contribution in [0.1, 0.15) is 29.3 Å². The molecular weight excluding hydrogens is 352 g/mol. The molecule has 2 aromatic rings. The first-order valence-corrected chi connectivity index (χ1v) is 10.5. The van der Waals surface area contributed by atoms with Gasteiger partial charge in [-0.2, -0.15) is 0 Å². The van der Waals surface area contributed by atoms with Crippen molar-refractivity contribution < 1.29 is 17.9 Å². The Labute approximate surface area is 153 Å². The third-order valence-corrected chi connectivity index (χ3v) is 6.14. The van der Waals surface area contributed by atoms with E-state index >= 15 is 0 Å². The standard InChI is InChI=1S/C19H22N2O4S/c1-2-25-18-17(9-6-11-20-18)19(22)21(13-15-7-4-3-5-8-15)16-10-12-26(23,24)14-16/h3-9,11,16H,2,10,12-14H2,1H3. The van der Waals surface area contributed by atoms with Crippen LogP contribution in [0.4, 0.5) is 0 Å². The number of sulfone groups is 1. The van der Waals surface area contributed by atoms with Gasteiger partial charge in [0.25, 0.3) is 5.91 Å². The van der Waals surface area contributed by atoms with E-state index in [1.54, 1.807) is 23.2 Å². The Morgan fingerprint density at radius 1 is 1.23 bits per heavy atom. The fraction of sp³-hybridized carbons (Fsp3) is 0.368. The molecule has 1 amide bonds. The number of carbonyl (C=O) groups is 1. The van der Waals surface area contributed by atoms with Crippen LogP contribution in [-0.2, 0) is 16.4 Å². The van der Waals surface area contributed by atoms with Crippen molar-refractivity contribution in [2.24, 2.45) is 0 Å². The summed E-state index contributed by atoms with van der Waals surface area (Å²) in [6, 6.07) is 12.6. The molecule has 6 nitrogen and oxygen atoms in total. The summed E-state index contributed by atoms with van der Waals surface area (Å²) >= 11 is 0. The number of amides is 1. The van der Waals surface area contributed by atoms with E-state index in [0.29, 0.717) is 25.1 Å². The summed E-state index contributed by atoms with van der Waals surface area (Å²) in [5, 5.41) is 0. The number of pyridine rings is 1. The Kier molecular flexibility index (Phi) is 5.56. The molecule has 7 heteroatoms. The quantitative estimate of drug-likeness (QED) is 0.775. The van der Waals surface area contributed by atoms with Crippen molar-refractivity contribution in [2.75, 3.05) is 18.1 Å². The third kappa shape index (κ3) is 4.22. The average molecular weight is 374 g/mol. The second-order valence-electron chi connectivity index (χ2n) is 6.26. The minimum atomic E-state index is -3.11. The monoisotopic (exact) mass is 374 g/mol. The molecule has 0 radical (unpaired) electrons. The third-order valence-electron chi connectivity index (χ3n) is 4.39. The number of benzene rings is 1. The molecule has 1 aliphatic rings. The summed E-state index contributed by atoms with van der Waals surface area (Å²) in [4.78, 5) is 19.0. The number of carbonyl (C=O) groups excluding carboxylic acids is 1. The summed E-state index contributed by atoms with van der Waals surface area (Å²) in [7, 11) is -3.11. The summed E-state index contributed by atoms with van der Waals surface area (Å²) in [6.07, 6.45) is 2.02. The van der Waals surface area contributed by atoms with Crippen LogP contribution in [0.3, 0.4) is 0 Å². The summed E-state index contributed by atoms with van der Waals surface area (Å²) in [5.41, 5.74) is 1.31. The van der Waals surface area contributed by atoms with Crippen LogP contribution in [0.5, 0.6) is 5.88 Å². The van der Waals surface area contributed by atoms with Crippen molar-refractivity contribution in [3.8, 4) is 5.88 Å². The normalized spacial score (nSPS) is 18.4. The van der Waals surface area contributed by atoms with Gasteiger partial charge >= 0.3 is 0 Å². The molecule has 0 aliphatic carbocycles. The highest BCUT2D eigenvalue weighted by molar-refractivity contribution is 7.91. The summed E-state index contributed by atoms with van der Waals surface area (Å²) in [6.45, 7) is 2.57. The van der Waals surface area contributed by atoms with Crippen LogP contribution < -0.4 is 4.74 Å². The van der Waals surface area contributed by atoms with Crippen LogP contribution in [0.25, 0.3) is 0 Å². The van der Waals surface area contributed by atoms with Gasteiger partial charge in [-0.1, -0.05) is 30.3 Å². The van der Waals surface area contributed by atoms with Gasteiger partial charge in [0.05, 0.1) is 18.1 Å². The molecule has 1 unspecified atom stereocenters. The number of ether oxygens (including phenoxy) is 1. The molecule has 1 aliphatic heterocycles. The zero-order valence-corrected chi connectivity index (χ0v) is 15.5. The molecule has 3 rings (SSSR count). The number of nitrogens with zero attached hydrogens (tertiary/aromatic N) is 2. The highest BCUT2D eigenvalue weighted by atomic mass is 32.2. The van der Waals surface area contributed by atoms with E-state index in [0.717, 1.165) is 5.56 Å². The topological polar surface area (TPSA) is 76.6 Å². The first kappa shape index (κ1) is 18.4. The first-order chi connectivity index (χ1) is 12.5. The second kappa shape index (κ2) is 7.86. The lowest BCUT2D eigenvalue weighted by Crippen LogP contribution is -2.40. The van der Waals surface area contributed by atoms with E-state index < -0.39 is 9.84 Å². The van der Waals surface area contributed by atoms with Crippen LogP contribution in [0.15, 0.2) is 48.7 Å². The minimum Gasteiger partial charge on any atom is -0.477 e. The van der Waals surface area contributed by atoms with Crippen molar-refractivity contribution in [3.05, 3.63) is 59.8 Å². The summed E-state index contributed by atoms with van der Waals surface area (Å²) < 4.78 is 29.4. The Hall–Kier alpha value is -2.41. The van der Waals surface area contributed by atoms with Crippen molar-refractivity contribution in [3.63, 3.8) is 0 Å². The fourth-order valence-corrected chi connectivity index (χ4v) is 4.86. The molecule has 0 N–H and O–H groups in total. The number of hydrogen-bond acceptors (Lipinski definition) is 5. The molecule has 1 atom stereocenters. The Bertz CT molecular complexity index is 868. The Morgan fingerprint density at radius 2 is 2.00 bits per heavy atom. The molecular formula is C19H22N2O4S. The number of aromatic nitrogens is 1. The SMILES string of the molecule is CCOc1ncccc1C(=O)N(Cc1ccccc1)C1CCS(=O)(=O)C1. The van der Waals surface area contributed by atoms with Gasteiger partial charge in [0.15, 0.2) is 9.84 Å². The van der Waals surface area contributed by atoms with Crippen molar-refractivity contribution in [1.82, 2.24) is 9.88 Å². The predicted molar refractivity (Wildman–Crippen MR) is 98.8 cm³/mol. The molecule has 1 aromatic carbocycles. The first-order valence-electron chi connectivity index (χ1n) is 8.63. The van der Waals surface area contributed by atoms with Crippen LogP contribution in [0, 0.1) is 0 Å². The maximum absolute atomic E-state index is 13.3. The van der Waals surface area contributed by atoms with Gasteiger partial charge in [0.1, 0.15) is 5.56 Å². The lowest BCUT2D eigenvalue weighted by molar-refractivity contribution is 0.0675. The fourth-order valence-electron chi connectivity index (χ4n) is 3.13. The van der Waals surface area contributed by atoms with Gasteiger partial charge in [-0.3, -0.25) is 4.79 Å². The molecule has 0 bridgehead atoms. The Morgan fingerprint density at radius 3 is 2.65 bits per heavy atom. The van der Waals surface area contributed by atoms with E-state index in [9.17, 15) is 13.2 Å². The van der Waals surface area contributed by atoms with Gasteiger partial charge in [0, 0.05) is 18.8 Å². The average Bonchev–Trinajstić information content (AvgIpc) is 3.00. The van der Waals surface area contributed by atoms with Gasteiger partial charge in [-0.05, 0) is 31.0 Å². The lowest BCUT2D eigenvalue weighted by atomic mass is 10.1. The zero-order valence-electron chi connectivity index (χ0n) is 14.7. The van der Waals surface area contributed by atoms with Crippen LogP contribution >= 0.6 is 0 Å². The Balaban J connectivity index is 1.93. The van der Waals surface area contributed by atoms with Gasteiger partial charge in [-0.15, -0.1) is 0 Å². The van der Waals surface area contributed by atoms with Crippen molar-refractivity contribution in [2.45, 2.75) is 25.9 Å². The highest BCUT2D eigenvalue weighted by Crippen LogP contribution is 2.25. The molecule has 0 saturated carbocycles. The smallest absolute Gasteiger partial charge is 0.259 e. The number of hydrogen-bond donors (Lipinski definition) is 0. The van der Waals surface area contributed by atoms with E-state index in [1.807, 2.05) is 37.3 Å². The van der Waals surface area contributed by atoms with Crippen molar-refractivity contribution in [1.29, 1.82) is 0 Å². The van der Waals surface area contributed by atoms with E-state index in [2.05, 4.69) is 4.98 Å². The molecule has 138 valence electrons. The van der Waals surface area contributed by atoms with Gasteiger partial charge < -0.3 is 9.64 Å². The summed E-state index contributed by atoms with van der Waals surface area (Å²) in [5.74, 6) is 0.128. The largest absolute Gasteiger partial charge is 0.477 e. The van der Waals surface area contributed by atoms with Crippen LogP contribution in [-0.4, -0.2) is 48.4 Å². The van der Waals surface area contributed by atoms with Gasteiger partial charge in [-0.25, -0.2) is 13.4 Å². The lowest BCUT2D eigenvalue weighted by Gasteiger charge is -2.29. The van der Waals surface area contributed by atoms with Crippen LogP contribution in [0.2, 0.25) is 0 Å². The molecule has 26 heavy (non-hydrogen) atoms. The second-order valence-corrected chi connectivity index (χ2v) is 8.49. The van der Waals surface area contributed by atoms with Gasteiger partial charge in [0.2, 0.25) is 5.88 Å². The van der Waals surface area contributed by atoms with E-state index in [4.69, 9.17) is 4.74 Å². The number of rotatable bonds is 6. The molecule has 2 heterocycles. The zero-order chi connectivity index (χ0) is 18.6. The molecule has 0 spiro atoms. The minimum absolute atomic E-state index is 0.00416. The molecule has 1 fully saturated rings. The molecule has 1 saturated heterocycles. The maximum Gasteiger partial charge on any atom is 0.259 e. The van der Waals surface area contributed by atoms with E-state index in [-0.39, 0.29) is 29.3 Å². The maximum atomic E-state index is 13.3. The highest BCUT2D eigenvalue weighted by Gasteiger charge is 2.36. The molecule has 1 aromatic heterocycles.